The van der Waals surface area contributed by atoms with Gasteiger partial charge >= 0.3 is 17.9 Å². The fourth-order valence-corrected chi connectivity index (χ4v) is 16.7. The van der Waals surface area contributed by atoms with Gasteiger partial charge in [-0.1, -0.05) is 40.7 Å². The van der Waals surface area contributed by atoms with Crippen molar-refractivity contribution in [2.24, 2.45) is 46.3 Å². The Morgan fingerprint density at radius 1 is 0.872 bits per heavy atom. The lowest BCUT2D eigenvalue weighted by molar-refractivity contribution is -0.319. The highest BCUT2D eigenvalue weighted by Gasteiger charge is 2.77. The molecule has 86 heavy (non-hydrogen) atoms. The predicted molar refractivity (Wildman–Crippen MR) is 311 cm³/mol. The van der Waals surface area contributed by atoms with Crippen molar-refractivity contribution in [3.8, 4) is 0 Å². The number of ether oxygens (including phenoxy) is 8. The van der Waals surface area contributed by atoms with Gasteiger partial charge in [0, 0.05) is 68.0 Å². The average molecular weight is 1230 g/mol. The normalized spacial score (nSPS) is 48.1. The van der Waals surface area contributed by atoms with Gasteiger partial charge < -0.3 is 78.3 Å². The van der Waals surface area contributed by atoms with Gasteiger partial charge in [-0.15, -0.1) is 0 Å². The van der Waals surface area contributed by atoms with E-state index in [1.807, 2.05) is 37.7 Å². The SMILES string of the molecule is CC[C@H]1OC(=O)[C@H](C)[C@@H](O[C@@H]2C[C@](C)(OC)[C@H](O)C(C)O2)[C@H](C)[C@@H](O[C@@H]2O[C@H](C)C[C@@H](N(C)C)[C@H]2OC(=O)CCCCOC(=O)[C@@]2(O)[C@H](C)CC3C4CC(F)=C5CC(=O)C=C[C@]5(C)[C@@]4(F)[C@@H](O)C[C@@]32C)[C@](C)(O)C[C@@H](C)CN(C)[C@H](C)[C@@H](O)[C@]1(C)O. The molecule has 3 saturated heterocycles. The molecule has 26 atom stereocenters. The molecular weight excluding hydrogens is 1120 g/mol. The average Bonchev–Trinajstić information content (AvgIpc) is 1.30. The van der Waals surface area contributed by atoms with E-state index >= 15 is 8.78 Å². The first kappa shape index (κ1) is 70.4. The zero-order valence-electron chi connectivity index (χ0n) is 54.0. The maximum absolute atomic E-state index is 17.8. The number of rotatable bonds is 14. The first-order valence-electron chi connectivity index (χ1n) is 31.4. The number of esters is 3. The van der Waals surface area contributed by atoms with E-state index in [1.165, 1.54) is 33.1 Å². The van der Waals surface area contributed by atoms with Crippen LogP contribution in [0.1, 0.15) is 161 Å². The Balaban J connectivity index is 1.11. The van der Waals surface area contributed by atoms with Crippen molar-refractivity contribution in [2.75, 3.05) is 41.4 Å². The third kappa shape index (κ3) is 12.8. The van der Waals surface area contributed by atoms with Crippen LogP contribution in [0.3, 0.4) is 0 Å². The van der Waals surface area contributed by atoms with Gasteiger partial charge in [-0.25, -0.2) is 13.6 Å². The molecule has 0 amide bonds. The van der Waals surface area contributed by atoms with E-state index in [0.717, 1.165) is 0 Å². The van der Waals surface area contributed by atoms with Crippen LogP contribution >= 0.6 is 0 Å². The molecule has 0 radical (unpaired) electrons. The van der Waals surface area contributed by atoms with Crippen LogP contribution in [-0.2, 0) is 57.1 Å². The zero-order valence-corrected chi connectivity index (χ0v) is 54.0. The molecule has 0 bridgehead atoms. The number of methoxy groups -OCH3 is 1. The third-order valence-corrected chi connectivity index (χ3v) is 22.0. The summed E-state index contributed by atoms with van der Waals surface area (Å²) in [6.45, 7) is 22.1. The number of aliphatic hydroxyl groups is 6. The highest BCUT2D eigenvalue weighted by molar-refractivity contribution is 5.93. The van der Waals surface area contributed by atoms with E-state index < -0.39 is 172 Å². The third-order valence-electron chi connectivity index (χ3n) is 22.0. The van der Waals surface area contributed by atoms with Gasteiger partial charge in [0.15, 0.2) is 35.7 Å². The van der Waals surface area contributed by atoms with Crippen molar-refractivity contribution in [1.82, 2.24) is 9.80 Å². The van der Waals surface area contributed by atoms with E-state index in [9.17, 15) is 49.8 Å². The van der Waals surface area contributed by atoms with Crippen molar-refractivity contribution in [1.29, 1.82) is 0 Å². The molecule has 0 aromatic rings. The number of carbonyl (C=O) groups is 4. The fraction of sp³-hybridized carbons (Fsp3) is 0.875. The molecule has 3 aliphatic heterocycles. The van der Waals surface area contributed by atoms with Crippen LogP contribution < -0.4 is 0 Å². The molecule has 0 aromatic heterocycles. The summed E-state index contributed by atoms with van der Waals surface area (Å²) >= 11 is 0. The summed E-state index contributed by atoms with van der Waals surface area (Å²) in [4.78, 5) is 59.2. The summed E-state index contributed by atoms with van der Waals surface area (Å²) in [5, 5.41) is 72.2. The summed E-state index contributed by atoms with van der Waals surface area (Å²) < 4.78 is 84.7. The number of unbranched alkanes of at least 4 members (excludes halogenated alkanes) is 1. The number of aliphatic hydroxyl groups excluding tert-OH is 3. The van der Waals surface area contributed by atoms with E-state index in [2.05, 4.69) is 0 Å². The Morgan fingerprint density at radius 3 is 2.16 bits per heavy atom. The van der Waals surface area contributed by atoms with Gasteiger partial charge in [0.25, 0.3) is 0 Å². The molecule has 0 spiro atoms. The molecule has 2 saturated carbocycles. The molecule has 5 fully saturated rings. The number of hydrogen-bond acceptors (Lipinski definition) is 20. The lowest BCUT2D eigenvalue weighted by Crippen LogP contribution is -2.69. The largest absolute Gasteiger partial charge is 0.464 e. The number of likely N-dealkylation sites (N-methyl/N-ethyl adjacent to an activating group) is 2. The van der Waals surface area contributed by atoms with E-state index in [0.29, 0.717) is 13.0 Å². The van der Waals surface area contributed by atoms with E-state index in [-0.39, 0.29) is 88.1 Å². The topological polar surface area (TPSA) is 270 Å². The molecule has 20 nitrogen and oxygen atoms in total. The predicted octanol–water partition coefficient (Wildman–Crippen LogP) is 5.81. The summed E-state index contributed by atoms with van der Waals surface area (Å²) in [7, 11) is 6.95. The lowest BCUT2D eigenvalue weighted by atomic mass is 9.45. The first-order chi connectivity index (χ1) is 39.8. The lowest BCUT2D eigenvalue weighted by Gasteiger charge is -2.61. The fourth-order valence-electron chi connectivity index (χ4n) is 16.7. The highest BCUT2D eigenvalue weighted by atomic mass is 19.1. The van der Waals surface area contributed by atoms with Crippen LogP contribution in [0.4, 0.5) is 8.78 Å². The Kier molecular flexibility index (Phi) is 21.5. The Labute approximate surface area is 507 Å². The van der Waals surface area contributed by atoms with Crippen molar-refractivity contribution >= 4 is 23.7 Å². The number of fused-ring (bicyclic) bond motifs is 5. The summed E-state index contributed by atoms with van der Waals surface area (Å²) in [5.41, 5.74) is -12.3. The minimum absolute atomic E-state index is 0.0187. The van der Waals surface area contributed by atoms with E-state index in [1.54, 1.807) is 69.4 Å². The number of hydrogen-bond donors (Lipinski definition) is 6. The van der Waals surface area contributed by atoms with E-state index in [4.69, 9.17) is 37.9 Å². The number of allylic oxidation sites excluding steroid dienone is 4. The monoisotopic (exact) mass is 1230 g/mol. The zero-order chi connectivity index (χ0) is 64.4. The molecule has 7 aliphatic rings. The molecule has 3 unspecified atom stereocenters. The van der Waals surface area contributed by atoms with Crippen LogP contribution in [0.2, 0.25) is 0 Å². The maximum Gasteiger partial charge on any atom is 0.338 e. The number of nitrogens with zero attached hydrogens (tertiary/aromatic N) is 2. The summed E-state index contributed by atoms with van der Waals surface area (Å²) in [6.07, 6.45) is -9.72. The van der Waals surface area contributed by atoms with Crippen LogP contribution in [-0.4, -0.2) is 213 Å². The van der Waals surface area contributed by atoms with Crippen molar-refractivity contribution in [3.05, 3.63) is 23.6 Å². The van der Waals surface area contributed by atoms with Crippen molar-refractivity contribution in [2.45, 2.75) is 268 Å². The minimum atomic E-state index is -2.38. The number of carbonyl (C=O) groups excluding carboxylic acids is 4. The second kappa shape index (κ2) is 26.2. The Hall–Kier alpha value is -3.10. The molecular formula is C64H104F2N2O18. The van der Waals surface area contributed by atoms with Gasteiger partial charge in [0.05, 0.1) is 60.3 Å². The molecule has 7 rings (SSSR count). The van der Waals surface area contributed by atoms with Crippen molar-refractivity contribution < 1.29 is 96.5 Å². The molecule has 22 heteroatoms. The van der Waals surface area contributed by atoms with Gasteiger partial charge in [-0.3, -0.25) is 14.4 Å². The number of alkyl halides is 1. The molecule has 3 heterocycles. The Bertz CT molecular complexity index is 2500. The molecule has 4 aliphatic carbocycles. The molecule has 0 aromatic carbocycles. The molecule has 492 valence electrons. The number of cyclic esters (lactones) is 1. The van der Waals surface area contributed by atoms with Gasteiger partial charge in [0.1, 0.15) is 29.7 Å². The van der Waals surface area contributed by atoms with Gasteiger partial charge in [-0.05, 0) is 151 Å². The standard InChI is InChI=1S/C64H104F2N2O18/c1-18-47-62(13,77)52(72)38(7)68(16)32-33(2)29-60(11,76)54(36(5)50(37(6)55(74)83-47)85-49-31-61(12,79-17)53(73)39(8)82-49)86-56-51(45(67(14)15)26-35(4)81-56)84-48(71)21-19-20-24-80-57(75)64(78)34(3)25-41-42-28-44(65)43-27-40(69)22-23-58(43,9)63(42,66)46(70)30-59(41,64)10/h22-23,33-39,41-42,45-47,49-54,56,70,72-73,76-78H,18-21,24-32H2,1-17H3/t33-,34-,35-,36+,37-,38-,39?,41?,42?,45-,46+,47-,49-,50+,51-,52-,53-,54-,56+,58+,59+,60-,61+,62-,63+,64+/m1/s1. The summed E-state index contributed by atoms with van der Waals surface area (Å²) in [5.74, 6) is -8.30. The smallest absolute Gasteiger partial charge is 0.338 e. The summed E-state index contributed by atoms with van der Waals surface area (Å²) in [6, 6.07) is -1.11. The number of halogens is 2. The second-order valence-electron chi connectivity index (χ2n) is 28.5. The number of ketones is 1. The second-order valence-corrected chi connectivity index (χ2v) is 28.5. The van der Waals surface area contributed by atoms with Crippen LogP contribution in [0.15, 0.2) is 23.6 Å². The van der Waals surface area contributed by atoms with Crippen molar-refractivity contribution in [3.63, 3.8) is 0 Å². The van der Waals surface area contributed by atoms with Crippen LogP contribution in [0, 0.1) is 46.3 Å². The van der Waals surface area contributed by atoms with Crippen LogP contribution in [0.5, 0.6) is 0 Å². The Morgan fingerprint density at radius 2 is 1.53 bits per heavy atom. The van der Waals surface area contributed by atoms with Gasteiger partial charge in [-0.2, -0.15) is 0 Å². The minimum Gasteiger partial charge on any atom is -0.464 e. The quantitative estimate of drug-likeness (QED) is 0.0680. The highest BCUT2D eigenvalue weighted by Crippen LogP contribution is 2.71. The van der Waals surface area contributed by atoms with Crippen LogP contribution in [0.25, 0.3) is 0 Å². The maximum atomic E-state index is 17.8. The van der Waals surface area contributed by atoms with Gasteiger partial charge in [0.2, 0.25) is 0 Å². The molecule has 6 N–H and O–H groups in total. The first-order valence-corrected chi connectivity index (χ1v) is 31.4.